The average Bonchev–Trinajstić information content (AvgIpc) is 3.77. The van der Waals surface area contributed by atoms with Gasteiger partial charge in [0.25, 0.3) is 0 Å². The Labute approximate surface area is 328 Å². The molecule has 0 saturated heterocycles. The second kappa shape index (κ2) is 14.2. The molecule has 3 heterocycles. The van der Waals surface area contributed by atoms with Gasteiger partial charge in [0, 0.05) is 34.6 Å². The van der Waals surface area contributed by atoms with E-state index in [9.17, 15) is 0 Å². The summed E-state index contributed by atoms with van der Waals surface area (Å²) in [5.41, 5.74) is -0.611. The molecule has 4 aromatic rings. The second-order valence-corrected chi connectivity index (χ2v) is 18.4. The van der Waals surface area contributed by atoms with Gasteiger partial charge in [0.05, 0.1) is 9.49 Å². The fourth-order valence-electron chi connectivity index (χ4n) is 9.43. The van der Waals surface area contributed by atoms with Gasteiger partial charge in [-0.2, -0.15) is 26.3 Å². The number of alkyl halides is 6. The van der Waals surface area contributed by atoms with Gasteiger partial charge in [0.2, 0.25) is 0 Å². The van der Waals surface area contributed by atoms with Gasteiger partial charge < -0.3 is 0 Å². The van der Waals surface area contributed by atoms with Crippen molar-refractivity contribution in [1.82, 2.24) is 0 Å². The van der Waals surface area contributed by atoms with Gasteiger partial charge in [-0.3, -0.25) is 0 Å². The molecule has 8 rings (SSSR count). The maximum Gasteiger partial charge on any atom is 0.380 e. The number of hydrogen-bond donors (Lipinski definition) is 0. The van der Waals surface area contributed by atoms with Crippen LogP contribution in [0.5, 0.6) is 0 Å². The lowest BCUT2D eigenvalue weighted by Crippen LogP contribution is -2.53. The van der Waals surface area contributed by atoms with Crippen LogP contribution in [-0.2, 0) is 13.5 Å². The Morgan fingerprint density at radius 3 is 1.65 bits per heavy atom. The molecular weight excluding hydrogens is 745 g/mol. The number of aryl methyl sites for hydroxylation is 1. The molecular formula is C46H46F6NS2+. The van der Waals surface area contributed by atoms with E-state index in [0.29, 0.717) is 37.0 Å². The van der Waals surface area contributed by atoms with Gasteiger partial charge in [-0.25, -0.2) is 4.57 Å². The molecule has 4 aliphatic rings. The molecule has 1 nitrogen and oxygen atoms in total. The van der Waals surface area contributed by atoms with Gasteiger partial charge >= 0.3 is 17.8 Å². The number of halogens is 6. The number of thioether (sulfide) groups is 2. The van der Waals surface area contributed by atoms with Crippen molar-refractivity contribution >= 4 is 50.0 Å². The first-order valence-corrected chi connectivity index (χ1v) is 21.3. The predicted octanol–water partition coefficient (Wildman–Crippen LogP) is 13.7. The second-order valence-electron chi connectivity index (χ2n) is 15.6. The van der Waals surface area contributed by atoms with Gasteiger partial charge in [-0.05, 0) is 79.8 Å². The molecule has 0 N–H and O–H groups in total. The van der Waals surface area contributed by atoms with Crippen molar-refractivity contribution < 1.29 is 30.9 Å². The summed E-state index contributed by atoms with van der Waals surface area (Å²) in [6.45, 7) is 4.19. The molecule has 288 valence electrons. The third-order valence-corrected chi connectivity index (χ3v) is 15.6. The minimum atomic E-state index is -5.59. The molecule has 3 aromatic carbocycles. The molecule has 9 heteroatoms. The van der Waals surface area contributed by atoms with Crippen LogP contribution in [0.25, 0.3) is 26.5 Å². The predicted molar refractivity (Wildman–Crippen MR) is 216 cm³/mol. The maximum atomic E-state index is 16.6. The molecule has 0 amide bonds. The number of benzene rings is 3. The van der Waals surface area contributed by atoms with Crippen LogP contribution in [0.1, 0.15) is 89.2 Å². The number of aromatic nitrogens is 1. The van der Waals surface area contributed by atoms with E-state index in [2.05, 4.69) is 32.0 Å². The van der Waals surface area contributed by atoms with Crippen molar-refractivity contribution in [3.8, 4) is 0 Å². The van der Waals surface area contributed by atoms with Crippen molar-refractivity contribution in [2.24, 2.45) is 7.05 Å². The largest absolute Gasteiger partial charge is 0.380 e. The fraction of sp³-hybridized carbons (Fsp3) is 0.413. The molecule has 2 aliphatic heterocycles. The number of pyridine rings is 1. The average molecular weight is 791 g/mol. The molecule has 55 heavy (non-hydrogen) atoms. The molecule has 2 atom stereocenters. The Morgan fingerprint density at radius 1 is 0.600 bits per heavy atom. The van der Waals surface area contributed by atoms with E-state index in [4.69, 9.17) is 0 Å². The lowest BCUT2D eigenvalue weighted by Gasteiger charge is -2.52. The zero-order valence-corrected chi connectivity index (χ0v) is 33.1. The van der Waals surface area contributed by atoms with E-state index in [1.54, 1.807) is 12.2 Å². The summed E-state index contributed by atoms with van der Waals surface area (Å²) in [7, 11) is 1.87. The number of rotatable bonds is 13. The first-order chi connectivity index (χ1) is 26.3. The Kier molecular flexibility index (Phi) is 9.92. The van der Waals surface area contributed by atoms with Crippen molar-refractivity contribution in [2.45, 2.75) is 112 Å². The maximum absolute atomic E-state index is 16.6. The summed E-state index contributed by atoms with van der Waals surface area (Å²) in [6, 6.07) is 22.0. The quantitative estimate of drug-likeness (QED) is 0.0575. The van der Waals surface area contributed by atoms with Crippen molar-refractivity contribution in [3.63, 3.8) is 0 Å². The van der Waals surface area contributed by atoms with E-state index in [1.165, 1.54) is 23.5 Å². The Bertz CT molecular complexity index is 2230. The molecule has 0 spiro atoms. The summed E-state index contributed by atoms with van der Waals surface area (Å²) in [6.07, 6.45) is 14.8. The molecule has 1 aromatic heterocycles. The SMILES string of the molecule is CCCCCCC12SC(Cc3c4ccccc4cc4ccccc34)=CC1=C1C(=C3C=C(c4cc[n+](C)cc4)SC32CCCCCC)C(F)(F)C(F)(F)C1(F)F. The van der Waals surface area contributed by atoms with Crippen LogP contribution >= 0.6 is 23.5 Å². The summed E-state index contributed by atoms with van der Waals surface area (Å²) >= 11 is 2.93. The highest BCUT2D eigenvalue weighted by Crippen LogP contribution is 2.76. The highest BCUT2D eigenvalue weighted by atomic mass is 32.2. The van der Waals surface area contributed by atoms with E-state index < -0.39 is 38.4 Å². The van der Waals surface area contributed by atoms with Crippen LogP contribution in [0.15, 0.2) is 118 Å². The van der Waals surface area contributed by atoms with Gasteiger partial charge in [0.1, 0.15) is 7.05 Å². The number of allylic oxidation sites excluding steroid dienone is 5. The standard InChI is InChI=1S/C46H46F6NS2/c1-4-6-8-14-22-42-37(28-33(54-42)27-36-34-18-12-10-16-31(34)26-32-17-11-13-19-35(32)36)40-41(45(49,50)46(51,52)44(40,47)48)38-29-39(30-20-24-53(3)25-21-30)55-43(38,42)23-15-9-7-5-2/h10-13,16-21,24-26,28-29H,4-9,14-15,22-23,27H2,1-3H3/q+1. The topological polar surface area (TPSA) is 3.88 Å². The van der Waals surface area contributed by atoms with Gasteiger partial charge in [-0.1, -0.05) is 114 Å². The highest BCUT2D eigenvalue weighted by Gasteiger charge is 2.84. The number of unbranched alkanes of at least 4 members (excludes halogenated alkanes) is 6. The lowest BCUT2D eigenvalue weighted by atomic mass is 9.66. The molecule has 2 aliphatic carbocycles. The third-order valence-electron chi connectivity index (χ3n) is 12.2. The molecule has 1 fully saturated rings. The van der Waals surface area contributed by atoms with Crippen molar-refractivity contribution in [2.75, 3.05) is 0 Å². The van der Waals surface area contributed by atoms with E-state index >= 15 is 26.3 Å². The smallest absolute Gasteiger partial charge is 0.208 e. The number of fused-ring (bicyclic) bond motifs is 6. The van der Waals surface area contributed by atoms with Crippen LogP contribution < -0.4 is 4.57 Å². The van der Waals surface area contributed by atoms with E-state index in [-0.39, 0.29) is 11.1 Å². The van der Waals surface area contributed by atoms with Crippen molar-refractivity contribution in [3.05, 3.63) is 130 Å². The van der Waals surface area contributed by atoms with Crippen LogP contribution in [0.4, 0.5) is 26.3 Å². The minimum absolute atomic E-state index is 0.0220. The molecule has 0 radical (unpaired) electrons. The highest BCUT2D eigenvalue weighted by molar-refractivity contribution is 8.12. The zero-order valence-electron chi connectivity index (χ0n) is 31.5. The van der Waals surface area contributed by atoms with Crippen molar-refractivity contribution in [1.29, 1.82) is 0 Å². The first-order valence-electron chi connectivity index (χ1n) is 19.6. The Hall–Kier alpha value is -3.43. The first kappa shape index (κ1) is 38.4. The van der Waals surface area contributed by atoms with Crippen LogP contribution in [0, 0.1) is 0 Å². The third kappa shape index (κ3) is 5.79. The number of hydrogen-bond acceptors (Lipinski definition) is 2. The van der Waals surface area contributed by atoms with Crippen LogP contribution in [0.2, 0.25) is 0 Å². The van der Waals surface area contributed by atoms with Gasteiger partial charge in [0.15, 0.2) is 12.4 Å². The lowest BCUT2D eigenvalue weighted by molar-refractivity contribution is -0.671. The zero-order chi connectivity index (χ0) is 38.8. The van der Waals surface area contributed by atoms with E-state index in [1.807, 2.05) is 72.5 Å². The summed E-state index contributed by atoms with van der Waals surface area (Å²) < 4.78 is 97.5. The monoisotopic (exact) mass is 790 g/mol. The van der Waals surface area contributed by atoms with Crippen LogP contribution in [0.3, 0.4) is 0 Å². The summed E-state index contributed by atoms with van der Waals surface area (Å²) in [5.74, 6) is -15.7. The molecule has 1 saturated carbocycles. The fourth-order valence-corrected chi connectivity index (χ4v) is 13.1. The van der Waals surface area contributed by atoms with E-state index in [0.717, 1.165) is 76.1 Å². The van der Waals surface area contributed by atoms with Gasteiger partial charge in [-0.15, -0.1) is 23.5 Å². The van der Waals surface area contributed by atoms with Crippen LogP contribution in [-0.4, -0.2) is 27.3 Å². The Morgan fingerprint density at radius 2 is 1.11 bits per heavy atom. The Balaban J connectivity index is 1.39. The minimum Gasteiger partial charge on any atom is -0.208 e. The summed E-state index contributed by atoms with van der Waals surface area (Å²) in [5, 5.41) is 4.10. The normalized spacial score (nSPS) is 24.7. The number of nitrogens with zero attached hydrogens (tertiary/aromatic N) is 1. The molecule has 0 bridgehead atoms. The molecule has 2 unspecified atom stereocenters. The summed E-state index contributed by atoms with van der Waals surface area (Å²) in [4.78, 5) is 1.39.